The lowest BCUT2D eigenvalue weighted by Crippen LogP contribution is -2.42. The average molecular weight is 200 g/mol. The van der Waals surface area contributed by atoms with Crippen molar-refractivity contribution < 1.29 is 4.79 Å². The van der Waals surface area contributed by atoms with Crippen LogP contribution in [0.25, 0.3) is 0 Å². The van der Waals surface area contributed by atoms with Crippen molar-refractivity contribution in [3.8, 4) is 0 Å². The van der Waals surface area contributed by atoms with Gasteiger partial charge in [0.15, 0.2) is 0 Å². The van der Waals surface area contributed by atoms with Crippen LogP contribution in [0.4, 0.5) is 0 Å². The third-order valence-corrected chi connectivity index (χ3v) is 2.11. The van der Waals surface area contributed by atoms with E-state index in [1.54, 1.807) is 0 Å². The molecule has 3 nitrogen and oxygen atoms in total. The van der Waals surface area contributed by atoms with Crippen molar-refractivity contribution in [2.24, 2.45) is 5.92 Å². The molecule has 0 aromatic carbocycles. The third kappa shape index (κ3) is 6.89. The molecule has 3 heteroatoms. The fourth-order valence-electron chi connectivity index (χ4n) is 1.08. The fourth-order valence-corrected chi connectivity index (χ4v) is 1.08. The minimum absolute atomic E-state index is 0.0692. The highest BCUT2D eigenvalue weighted by molar-refractivity contribution is 5.81. The Morgan fingerprint density at radius 1 is 1.21 bits per heavy atom. The quantitative estimate of drug-likeness (QED) is 0.654. The van der Waals surface area contributed by atoms with Gasteiger partial charge in [0.25, 0.3) is 0 Å². The van der Waals surface area contributed by atoms with E-state index < -0.39 is 0 Å². The molecule has 0 saturated carbocycles. The molecule has 0 heterocycles. The highest BCUT2D eigenvalue weighted by Crippen LogP contribution is 1.97. The molecule has 0 spiro atoms. The largest absolute Gasteiger partial charge is 0.355 e. The Balaban J connectivity index is 3.51. The second-order valence-electron chi connectivity index (χ2n) is 4.15. The van der Waals surface area contributed by atoms with Gasteiger partial charge in [0.1, 0.15) is 0 Å². The minimum atomic E-state index is -0.0692. The average Bonchev–Trinajstić information content (AvgIpc) is 2.13. The lowest BCUT2D eigenvalue weighted by molar-refractivity contribution is -0.122. The molecule has 0 fully saturated rings. The van der Waals surface area contributed by atoms with E-state index in [1.807, 2.05) is 6.92 Å². The summed E-state index contributed by atoms with van der Waals surface area (Å²) in [6.45, 7) is 10.0. The highest BCUT2D eigenvalue weighted by Gasteiger charge is 2.10. The first-order chi connectivity index (χ1) is 6.57. The molecule has 0 saturated heterocycles. The standard InChI is InChI=1S/C11H24N2O/c1-5-7-13-11(14)10(4)12-8-6-9(2)3/h9-10,12H,5-8H2,1-4H3,(H,13,14)/t10-/m0/s1. The number of amides is 1. The zero-order chi connectivity index (χ0) is 11.0. The van der Waals surface area contributed by atoms with Gasteiger partial charge >= 0.3 is 0 Å². The number of carbonyl (C=O) groups excluding carboxylic acids is 1. The van der Waals surface area contributed by atoms with Gasteiger partial charge in [-0.1, -0.05) is 20.8 Å². The van der Waals surface area contributed by atoms with E-state index in [2.05, 4.69) is 31.4 Å². The first-order valence-corrected chi connectivity index (χ1v) is 5.59. The van der Waals surface area contributed by atoms with Crippen LogP contribution in [-0.2, 0) is 4.79 Å². The molecular weight excluding hydrogens is 176 g/mol. The van der Waals surface area contributed by atoms with Gasteiger partial charge in [-0.05, 0) is 32.2 Å². The summed E-state index contributed by atoms with van der Waals surface area (Å²) in [4.78, 5) is 11.4. The van der Waals surface area contributed by atoms with Gasteiger partial charge < -0.3 is 10.6 Å². The zero-order valence-electron chi connectivity index (χ0n) is 9.89. The first-order valence-electron chi connectivity index (χ1n) is 5.59. The zero-order valence-corrected chi connectivity index (χ0v) is 9.89. The first kappa shape index (κ1) is 13.4. The van der Waals surface area contributed by atoms with Crippen LogP contribution in [0.15, 0.2) is 0 Å². The van der Waals surface area contributed by atoms with Gasteiger partial charge in [-0.2, -0.15) is 0 Å². The van der Waals surface area contributed by atoms with Crippen molar-refractivity contribution in [1.82, 2.24) is 10.6 Å². The monoisotopic (exact) mass is 200 g/mol. The van der Waals surface area contributed by atoms with Crippen LogP contribution in [-0.4, -0.2) is 25.0 Å². The molecule has 0 radical (unpaired) electrons. The van der Waals surface area contributed by atoms with Crippen LogP contribution < -0.4 is 10.6 Å². The van der Waals surface area contributed by atoms with E-state index in [0.717, 1.165) is 25.9 Å². The SMILES string of the molecule is CCCNC(=O)[C@H](C)NCCC(C)C. The van der Waals surface area contributed by atoms with Crippen molar-refractivity contribution in [3.05, 3.63) is 0 Å². The second kappa shape index (κ2) is 7.80. The van der Waals surface area contributed by atoms with Gasteiger partial charge in [-0.15, -0.1) is 0 Å². The van der Waals surface area contributed by atoms with Crippen LogP contribution in [0.3, 0.4) is 0 Å². The van der Waals surface area contributed by atoms with Gasteiger partial charge in [0, 0.05) is 6.54 Å². The predicted molar refractivity (Wildman–Crippen MR) is 60.2 cm³/mol. The van der Waals surface area contributed by atoms with E-state index in [4.69, 9.17) is 0 Å². The summed E-state index contributed by atoms with van der Waals surface area (Å²) in [7, 11) is 0. The van der Waals surface area contributed by atoms with Crippen molar-refractivity contribution in [2.45, 2.75) is 46.6 Å². The minimum Gasteiger partial charge on any atom is -0.355 e. The second-order valence-corrected chi connectivity index (χ2v) is 4.15. The Bertz CT molecular complexity index is 157. The normalized spacial score (nSPS) is 12.9. The number of nitrogens with one attached hydrogen (secondary N) is 2. The van der Waals surface area contributed by atoms with Crippen molar-refractivity contribution >= 4 is 5.91 Å². The molecule has 0 aromatic rings. The number of carbonyl (C=O) groups is 1. The molecule has 0 aliphatic heterocycles. The van der Waals surface area contributed by atoms with Crippen LogP contribution in [0.2, 0.25) is 0 Å². The maximum atomic E-state index is 11.4. The Kier molecular flexibility index (Phi) is 7.48. The Morgan fingerprint density at radius 2 is 1.86 bits per heavy atom. The number of rotatable bonds is 7. The van der Waals surface area contributed by atoms with Gasteiger partial charge in [-0.3, -0.25) is 4.79 Å². The van der Waals surface area contributed by atoms with Crippen LogP contribution in [0, 0.1) is 5.92 Å². The molecule has 14 heavy (non-hydrogen) atoms. The van der Waals surface area contributed by atoms with E-state index in [9.17, 15) is 4.79 Å². The maximum absolute atomic E-state index is 11.4. The van der Waals surface area contributed by atoms with Crippen molar-refractivity contribution in [1.29, 1.82) is 0 Å². The lowest BCUT2D eigenvalue weighted by Gasteiger charge is -2.14. The van der Waals surface area contributed by atoms with E-state index in [-0.39, 0.29) is 11.9 Å². The third-order valence-electron chi connectivity index (χ3n) is 2.11. The molecule has 0 rings (SSSR count). The van der Waals surface area contributed by atoms with E-state index in [1.165, 1.54) is 0 Å². The molecule has 2 N–H and O–H groups in total. The summed E-state index contributed by atoms with van der Waals surface area (Å²) in [6, 6.07) is -0.0692. The molecule has 0 bridgehead atoms. The van der Waals surface area contributed by atoms with Gasteiger partial charge in [-0.25, -0.2) is 0 Å². The maximum Gasteiger partial charge on any atom is 0.236 e. The van der Waals surface area contributed by atoms with E-state index in [0.29, 0.717) is 5.92 Å². The summed E-state index contributed by atoms with van der Waals surface area (Å²) in [5, 5.41) is 6.08. The molecule has 0 unspecified atom stereocenters. The smallest absolute Gasteiger partial charge is 0.236 e. The summed E-state index contributed by atoms with van der Waals surface area (Å²) in [6.07, 6.45) is 2.11. The molecule has 0 aliphatic carbocycles. The summed E-state index contributed by atoms with van der Waals surface area (Å²) >= 11 is 0. The predicted octanol–water partition coefficient (Wildman–Crippen LogP) is 1.54. The van der Waals surface area contributed by atoms with E-state index >= 15 is 0 Å². The highest BCUT2D eigenvalue weighted by atomic mass is 16.2. The van der Waals surface area contributed by atoms with Gasteiger partial charge in [0.05, 0.1) is 6.04 Å². The van der Waals surface area contributed by atoms with Crippen LogP contribution in [0.1, 0.15) is 40.5 Å². The summed E-state index contributed by atoms with van der Waals surface area (Å²) < 4.78 is 0. The van der Waals surface area contributed by atoms with Crippen molar-refractivity contribution in [3.63, 3.8) is 0 Å². The van der Waals surface area contributed by atoms with Crippen LogP contribution >= 0.6 is 0 Å². The Labute approximate surface area is 87.6 Å². The van der Waals surface area contributed by atoms with Crippen molar-refractivity contribution in [2.75, 3.05) is 13.1 Å². The molecule has 1 amide bonds. The number of hydrogen-bond acceptors (Lipinski definition) is 2. The fraction of sp³-hybridized carbons (Fsp3) is 0.909. The van der Waals surface area contributed by atoms with Gasteiger partial charge in [0.2, 0.25) is 5.91 Å². The van der Waals surface area contributed by atoms with Crippen LogP contribution in [0.5, 0.6) is 0 Å². The Morgan fingerprint density at radius 3 is 2.36 bits per heavy atom. The summed E-state index contributed by atoms with van der Waals surface area (Å²) in [5.74, 6) is 0.795. The lowest BCUT2D eigenvalue weighted by atomic mass is 10.1. The Hall–Kier alpha value is -0.570. The topological polar surface area (TPSA) is 41.1 Å². The summed E-state index contributed by atoms with van der Waals surface area (Å²) in [5.41, 5.74) is 0. The number of hydrogen-bond donors (Lipinski definition) is 2. The molecule has 0 aliphatic rings. The molecule has 1 atom stereocenters. The molecule has 84 valence electrons. The molecular formula is C11H24N2O. The molecule has 0 aromatic heterocycles.